The molecule has 1 fully saturated rings. The lowest BCUT2D eigenvalue weighted by Crippen LogP contribution is -2.32. The molecule has 0 atom stereocenters. The quantitative estimate of drug-likeness (QED) is 0.159. The molecule has 6 nitrogen and oxygen atoms in total. The van der Waals surface area contributed by atoms with E-state index in [0.29, 0.717) is 40.5 Å². The molecule has 1 aliphatic heterocycles. The lowest BCUT2D eigenvalue weighted by molar-refractivity contribution is -0.137. The van der Waals surface area contributed by atoms with Crippen LogP contribution in [0.15, 0.2) is 94.1 Å². The summed E-state index contributed by atoms with van der Waals surface area (Å²) >= 11 is 12.5. The first-order chi connectivity index (χ1) is 23.0. The van der Waals surface area contributed by atoms with Gasteiger partial charge in [0.25, 0.3) is 0 Å². The number of rotatable bonds is 8. The van der Waals surface area contributed by atoms with Gasteiger partial charge in [0.2, 0.25) is 5.91 Å². The van der Waals surface area contributed by atoms with E-state index in [1.54, 1.807) is 30.3 Å². The highest BCUT2D eigenvalue weighted by molar-refractivity contribution is 6.32. The molecule has 0 aliphatic carbocycles. The van der Waals surface area contributed by atoms with E-state index in [0.717, 1.165) is 49.2 Å². The number of nitrogens with two attached hydrogens (primary N) is 1. The summed E-state index contributed by atoms with van der Waals surface area (Å²) in [6.45, 7) is 2.78. The number of amides is 1. The molecule has 1 aliphatic rings. The Balaban J connectivity index is 1.31. The van der Waals surface area contributed by atoms with Gasteiger partial charge in [0.1, 0.15) is 5.58 Å². The third-order valence-corrected chi connectivity index (χ3v) is 9.36. The summed E-state index contributed by atoms with van der Waals surface area (Å²) < 4.78 is 46.8. The molecule has 6 rings (SSSR count). The van der Waals surface area contributed by atoms with Crippen molar-refractivity contribution in [2.24, 2.45) is 5.73 Å². The zero-order chi connectivity index (χ0) is 34.0. The highest BCUT2D eigenvalue weighted by Gasteiger charge is 2.34. The number of nitrogens with zero attached hydrogens (tertiary/aromatic N) is 1. The summed E-state index contributed by atoms with van der Waals surface area (Å²) in [5.41, 5.74) is 8.11. The Labute approximate surface area is 285 Å². The predicted molar refractivity (Wildman–Crippen MR) is 183 cm³/mol. The fourth-order valence-electron chi connectivity index (χ4n) is 6.38. The van der Waals surface area contributed by atoms with E-state index in [1.807, 2.05) is 18.2 Å². The molecule has 1 aromatic heterocycles. The van der Waals surface area contributed by atoms with Crippen LogP contribution in [0.2, 0.25) is 10.0 Å². The maximum absolute atomic E-state index is 13.7. The van der Waals surface area contributed by atoms with Crippen molar-refractivity contribution in [1.82, 2.24) is 4.90 Å². The number of anilines is 1. The number of nitrogens with one attached hydrogen (secondary N) is 1. The molecule has 2 heterocycles. The summed E-state index contributed by atoms with van der Waals surface area (Å²) in [7, 11) is 0. The molecule has 11 heteroatoms. The fourth-order valence-corrected chi connectivity index (χ4v) is 6.76. The molecule has 5 aromatic rings. The normalized spacial score (nSPS) is 14.4. The van der Waals surface area contributed by atoms with Crippen LogP contribution in [0.1, 0.15) is 46.6 Å². The van der Waals surface area contributed by atoms with Gasteiger partial charge in [-0.05, 0) is 78.4 Å². The Morgan fingerprint density at radius 3 is 2.42 bits per heavy atom. The van der Waals surface area contributed by atoms with Crippen molar-refractivity contribution in [2.45, 2.75) is 44.4 Å². The number of halogens is 5. The van der Waals surface area contributed by atoms with Crippen LogP contribution < -0.4 is 16.7 Å². The van der Waals surface area contributed by atoms with Crippen LogP contribution >= 0.6 is 23.2 Å². The van der Waals surface area contributed by atoms with Gasteiger partial charge in [-0.2, -0.15) is 13.2 Å². The largest absolute Gasteiger partial charge is 0.422 e. The summed E-state index contributed by atoms with van der Waals surface area (Å²) in [6.07, 6.45) is -3.33. The van der Waals surface area contributed by atoms with E-state index >= 15 is 0 Å². The zero-order valence-electron chi connectivity index (χ0n) is 25.7. The van der Waals surface area contributed by atoms with Gasteiger partial charge in [-0.1, -0.05) is 77.8 Å². The van der Waals surface area contributed by atoms with Crippen molar-refractivity contribution >= 4 is 45.8 Å². The Hall–Kier alpha value is -4.15. The number of benzene rings is 4. The number of piperidine rings is 1. The SMILES string of the molecule is NCc1cccc(C2CCN(Cc3cc4c(-c5ccccc5)c(CC(=O)Nc5ccc(Cl)cc5C(F)(F)F)c(=O)oc4cc3Cl)CC2)c1. The molecule has 3 N–H and O–H groups in total. The molecule has 4 aromatic carbocycles. The van der Waals surface area contributed by atoms with Crippen LogP contribution in [0, 0.1) is 0 Å². The molecule has 0 saturated carbocycles. The van der Waals surface area contributed by atoms with Gasteiger partial charge >= 0.3 is 11.8 Å². The van der Waals surface area contributed by atoms with Gasteiger partial charge in [-0.3, -0.25) is 9.69 Å². The highest BCUT2D eigenvalue weighted by Crippen LogP contribution is 2.38. The van der Waals surface area contributed by atoms with E-state index in [1.165, 1.54) is 11.6 Å². The summed E-state index contributed by atoms with van der Waals surface area (Å²) in [4.78, 5) is 29.0. The molecular weight excluding hydrogens is 662 g/mol. The predicted octanol–water partition coefficient (Wildman–Crippen LogP) is 8.81. The first kappa shape index (κ1) is 33.7. The van der Waals surface area contributed by atoms with E-state index in [2.05, 4.69) is 28.4 Å². The molecule has 0 spiro atoms. The topological polar surface area (TPSA) is 88.6 Å². The number of likely N-dealkylation sites (tertiary alicyclic amines) is 1. The van der Waals surface area contributed by atoms with Crippen molar-refractivity contribution in [3.05, 3.63) is 133 Å². The lowest BCUT2D eigenvalue weighted by atomic mass is 9.88. The average molecular weight is 695 g/mol. The summed E-state index contributed by atoms with van der Waals surface area (Å²) in [5, 5.41) is 3.19. The van der Waals surface area contributed by atoms with E-state index in [4.69, 9.17) is 33.4 Å². The number of carbonyl (C=O) groups excluding carboxylic acids is 1. The Morgan fingerprint density at radius 2 is 1.71 bits per heavy atom. The molecule has 0 unspecified atom stereocenters. The van der Waals surface area contributed by atoms with Gasteiger partial charge in [-0.15, -0.1) is 0 Å². The number of alkyl halides is 3. The van der Waals surface area contributed by atoms with Crippen molar-refractivity contribution in [2.75, 3.05) is 18.4 Å². The van der Waals surface area contributed by atoms with Crippen molar-refractivity contribution < 1.29 is 22.4 Å². The van der Waals surface area contributed by atoms with Crippen LogP contribution in [0.25, 0.3) is 22.1 Å². The number of hydrogen-bond acceptors (Lipinski definition) is 5. The van der Waals surface area contributed by atoms with Crippen LogP contribution in [0.5, 0.6) is 0 Å². The van der Waals surface area contributed by atoms with Crippen LogP contribution in [-0.4, -0.2) is 23.9 Å². The highest BCUT2D eigenvalue weighted by atomic mass is 35.5. The maximum atomic E-state index is 13.7. The molecule has 248 valence electrons. The van der Waals surface area contributed by atoms with Crippen LogP contribution in [0.4, 0.5) is 18.9 Å². The minimum atomic E-state index is -4.76. The average Bonchev–Trinajstić information content (AvgIpc) is 3.07. The lowest BCUT2D eigenvalue weighted by Gasteiger charge is -2.32. The molecule has 48 heavy (non-hydrogen) atoms. The third-order valence-electron chi connectivity index (χ3n) is 8.77. The smallest absolute Gasteiger partial charge is 0.418 e. The second kappa shape index (κ2) is 14.1. The zero-order valence-corrected chi connectivity index (χ0v) is 27.3. The minimum Gasteiger partial charge on any atom is -0.422 e. The van der Waals surface area contributed by atoms with E-state index in [9.17, 15) is 22.8 Å². The monoisotopic (exact) mass is 693 g/mol. The van der Waals surface area contributed by atoms with Gasteiger partial charge in [0.15, 0.2) is 0 Å². The first-order valence-electron chi connectivity index (χ1n) is 15.5. The van der Waals surface area contributed by atoms with E-state index < -0.39 is 35.4 Å². The maximum Gasteiger partial charge on any atom is 0.418 e. The summed E-state index contributed by atoms with van der Waals surface area (Å²) in [5.74, 6) is -0.381. The second-order valence-corrected chi connectivity index (χ2v) is 12.8. The molecule has 1 saturated heterocycles. The summed E-state index contributed by atoms with van der Waals surface area (Å²) in [6, 6.07) is 24.0. The molecule has 1 amide bonds. The standard InChI is InChI=1S/C37H32Cl2F3N3O3/c38-27-9-10-32(30(17-27)37(40,41)42)44-34(46)18-29-35(24-6-2-1-3-7-24)28-16-26(31(39)19-33(28)48-36(29)47)21-45-13-11-23(12-14-45)25-8-4-5-22(15-25)20-43/h1-10,15-17,19,23H,11-14,18,20-21,43H2,(H,44,46). The Bertz CT molecular complexity index is 2020. The number of carbonyl (C=O) groups is 1. The molecular formula is C37H32Cl2F3N3O3. The van der Waals surface area contributed by atoms with Crippen molar-refractivity contribution in [3.8, 4) is 11.1 Å². The number of hydrogen-bond donors (Lipinski definition) is 2. The van der Waals surface area contributed by atoms with Crippen molar-refractivity contribution in [3.63, 3.8) is 0 Å². The van der Waals surface area contributed by atoms with Gasteiger partial charge < -0.3 is 15.5 Å². The van der Waals surface area contributed by atoms with Gasteiger partial charge in [-0.25, -0.2) is 4.79 Å². The van der Waals surface area contributed by atoms with Crippen LogP contribution in [-0.2, 0) is 30.5 Å². The fraction of sp³-hybridized carbons (Fsp3) is 0.243. The Morgan fingerprint density at radius 1 is 0.958 bits per heavy atom. The second-order valence-electron chi connectivity index (χ2n) is 12.0. The van der Waals surface area contributed by atoms with Gasteiger partial charge in [0, 0.05) is 40.2 Å². The first-order valence-corrected chi connectivity index (χ1v) is 16.3. The minimum absolute atomic E-state index is 0.0162. The third kappa shape index (κ3) is 7.45. The van der Waals surface area contributed by atoms with Gasteiger partial charge in [0.05, 0.1) is 23.2 Å². The van der Waals surface area contributed by atoms with Crippen molar-refractivity contribution in [1.29, 1.82) is 0 Å². The van der Waals surface area contributed by atoms with E-state index in [-0.39, 0.29) is 16.2 Å². The number of fused-ring (bicyclic) bond motifs is 1. The van der Waals surface area contributed by atoms with Crippen LogP contribution in [0.3, 0.4) is 0 Å². The molecule has 0 radical (unpaired) electrons. The Kier molecular flexibility index (Phi) is 9.94. The molecule has 0 bridgehead atoms.